The van der Waals surface area contributed by atoms with Gasteiger partial charge >= 0.3 is 5.69 Å². The number of aromatic nitrogens is 3. The van der Waals surface area contributed by atoms with Gasteiger partial charge in [-0.05, 0) is 31.2 Å². The number of hydrogen-bond acceptors (Lipinski definition) is 4. The Balaban J connectivity index is 2.04. The lowest BCUT2D eigenvalue weighted by Crippen LogP contribution is -2.36. The van der Waals surface area contributed by atoms with E-state index in [2.05, 4.69) is 31.4 Å². The average Bonchev–Trinajstić information content (AvgIpc) is 3.16. The van der Waals surface area contributed by atoms with E-state index in [1.54, 1.807) is 6.07 Å². The molecule has 0 aliphatic carbocycles. The molecule has 2 heterocycles. The van der Waals surface area contributed by atoms with Crippen molar-refractivity contribution in [1.82, 2.24) is 20.1 Å². The fourth-order valence-corrected chi connectivity index (χ4v) is 3.60. The molecule has 24 heavy (non-hydrogen) atoms. The lowest BCUT2D eigenvalue weighted by atomic mass is 9.78. The topological polar surface area (TPSA) is 79.8 Å². The number of aromatic amines is 1. The van der Waals surface area contributed by atoms with E-state index in [0.29, 0.717) is 36.1 Å². The first-order chi connectivity index (χ1) is 11.5. The predicted molar refractivity (Wildman–Crippen MR) is 90.8 cm³/mol. The third-order valence-corrected chi connectivity index (χ3v) is 5.04. The number of carbonyl (C=O) groups is 1. The molecule has 128 valence electrons. The molecule has 1 fully saturated rings. The van der Waals surface area contributed by atoms with Gasteiger partial charge in [-0.3, -0.25) is 4.79 Å². The Labute approximate surface area is 146 Å². The summed E-state index contributed by atoms with van der Waals surface area (Å²) in [5.41, 5.74) is -0.988. The molecule has 0 unspecified atom stereocenters. The first-order valence-corrected chi connectivity index (χ1v) is 8.62. The van der Waals surface area contributed by atoms with Gasteiger partial charge in [-0.1, -0.05) is 22.9 Å². The molecule has 0 radical (unpaired) electrons. The lowest BCUT2D eigenvalue weighted by Gasteiger charge is -2.25. The number of carbonyl (C=O) groups excluding carboxylic acids is 1. The van der Waals surface area contributed by atoms with E-state index >= 15 is 0 Å². The number of Topliss-reactive ketones (excluding diaryl/α,β-unsaturated/α-hetero) is 1. The standard InChI is InChI=1S/C16H18BrFN4O2/c1-2-13(23)16(5-6-19-9-16)8-14-20-21-15(24)22(14)12-4-3-10(17)7-11(12)18/h3-4,7,19H,2,5-6,8-9H2,1H3,(H,21,24)/t16-/m0/s1. The van der Waals surface area contributed by atoms with Gasteiger partial charge in [-0.25, -0.2) is 18.9 Å². The maximum absolute atomic E-state index is 14.3. The molecule has 2 aromatic rings. The van der Waals surface area contributed by atoms with Crippen molar-refractivity contribution in [1.29, 1.82) is 0 Å². The van der Waals surface area contributed by atoms with Crippen molar-refractivity contribution >= 4 is 21.7 Å². The van der Waals surface area contributed by atoms with Crippen molar-refractivity contribution in [2.45, 2.75) is 26.2 Å². The monoisotopic (exact) mass is 396 g/mol. The minimum Gasteiger partial charge on any atom is -0.316 e. The van der Waals surface area contributed by atoms with E-state index < -0.39 is 16.9 Å². The van der Waals surface area contributed by atoms with Gasteiger partial charge in [-0.15, -0.1) is 0 Å². The predicted octanol–water partition coefficient (Wildman–Crippen LogP) is 1.96. The summed E-state index contributed by atoms with van der Waals surface area (Å²) < 4.78 is 16.1. The summed E-state index contributed by atoms with van der Waals surface area (Å²) in [4.78, 5) is 24.6. The molecule has 2 N–H and O–H groups in total. The van der Waals surface area contributed by atoms with Gasteiger partial charge < -0.3 is 5.32 Å². The van der Waals surface area contributed by atoms with Crippen molar-refractivity contribution < 1.29 is 9.18 Å². The molecule has 0 amide bonds. The molecule has 1 saturated heterocycles. The van der Waals surface area contributed by atoms with Crippen LogP contribution in [0, 0.1) is 11.2 Å². The third-order valence-electron chi connectivity index (χ3n) is 4.55. The summed E-state index contributed by atoms with van der Waals surface area (Å²) in [5.74, 6) is -0.0351. The molecule has 0 saturated carbocycles. The molecule has 1 aromatic heterocycles. The van der Waals surface area contributed by atoms with Crippen LogP contribution in [0.4, 0.5) is 4.39 Å². The molecule has 6 nitrogen and oxygen atoms in total. The minimum absolute atomic E-state index is 0.122. The molecular formula is C16H18BrFN4O2. The highest BCUT2D eigenvalue weighted by molar-refractivity contribution is 9.10. The highest BCUT2D eigenvalue weighted by Gasteiger charge is 2.41. The van der Waals surface area contributed by atoms with Crippen LogP contribution in [0.2, 0.25) is 0 Å². The lowest BCUT2D eigenvalue weighted by molar-refractivity contribution is -0.127. The second-order valence-electron chi connectivity index (χ2n) is 6.04. The largest absolute Gasteiger partial charge is 0.348 e. The van der Waals surface area contributed by atoms with Crippen molar-refractivity contribution in [3.05, 3.63) is 44.8 Å². The van der Waals surface area contributed by atoms with Crippen molar-refractivity contribution in [2.75, 3.05) is 13.1 Å². The van der Waals surface area contributed by atoms with Crippen LogP contribution in [0.1, 0.15) is 25.6 Å². The molecule has 0 spiro atoms. The molecular weight excluding hydrogens is 379 g/mol. The Bertz CT molecular complexity index is 824. The van der Waals surface area contributed by atoms with Crippen LogP contribution in [-0.2, 0) is 11.2 Å². The van der Waals surface area contributed by atoms with Crippen LogP contribution in [0.15, 0.2) is 27.5 Å². The maximum Gasteiger partial charge on any atom is 0.348 e. The van der Waals surface area contributed by atoms with E-state index in [1.807, 2.05) is 6.92 Å². The SMILES string of the molecule is CCC(=O)[C@]1(Cc2n[nH]c(=O)n2-c2ccc(Br)cc2F)CCNC1. The zero-order valence-electron chi connectivity index (χ0n) is 13.2. The van der Waals surface area contributed by atoms with Crippen molar-refractivity contribution in [3.63, 3.8) is 0 Å². The number of hydrogen-bond donors (Lipinski definition) is 2. The normalized spacial score (nSPS) is 20.5. The summed E-state index contributed by atoms with van der Waals surface area (Å²) in [6.45, 7) is 3.12. The zero-order valence-corrected chi connectivity index (χ0v) is 14.8. The molecule has 1 aliphatic heterocycles. The van der Waals surface area contributed by atoms with Crippen LogP contribution < -0.4 is 11.0 Å². The third kappa shape index (κ3) is 2.95. The molecule has 8 heteroatoms. The van der Waals surface area contributed by atoms with Crippen molar-refractivity contribution in [3.8, 4) is 5.69 Å². The highest BCUT2D eigenvalue weighted by atomic mass is 79.9. The van der Waals surface area contributed by atoms with Crippen LogP contribution in [-0.4, -0.2) is 33.6 Å². The Kier molecular flexibility index (Phi) is 4.69. The van der Waals surface area contributed by atoms with Crippen molar-refractivity contribution in [2.24, 2.45) is 5.41 Å². The van der Waals surface area contributed by atoms with Gasteiger partial charge in [-0.2, -0.15) is 5.10 Å². The number of nitrogens with zero attached hydrogens (tertiary/aromatic N) is 2. The number of ketones is 1. The quantitative estimate of drug-likeness (QED) is 0.809. The number of benzene rings is 1. The van der Waals surface area contributed by atoms with Gasteiger partial charge in [0.05, 0.1) is 5.69 Å². The molecule has 1 aliphatic rings. The number of nitrogens with one attached hydrogen (secondary N) is 2. The van der Waals surface area contributed by atoms with E-state index in [-0.39, 0.29) is 11.5 Å². The Morgan fingerprint density at radius 1 is 1.50 bits per heavy atom. The number of H-pyrrole nitrogens is 1. The van der Waals surface area contributed by atoms with E-state index in [1.165, 1.54) is 16.7 Å². The first kappa shape index (κ1) is 17.0. The van der Waals surface area contributed by atoms with E-state index in [0.717, 1.165) is 6.54 Å². The Morgan fingerprint density at radius 3 is 2.92 bits per heavy atom. The molecule has 0 bridgehead atoms. The summed E-state index contributed by atoms with van der Waals surface area (Å²) in [5, 5.41) is 9.63. The summed E-state index contributed by atoms with van der Waals surface area (Å²) in [6, 6.07) is 4.47. The smallest absolute Gasteiger partial charge is 0.316 e. The second kappa shape index (κ2) is 6.60. The molecule has 1 atom stereocenters. The van der Waals surface area contributed by atoms with Crippen LogP contribution >= 0.6 is 15.9 Å². The number of rotatable bonds is 5. The zero-order chi connectivity index (χ0) is 17.3. The van der Waals surface area contributed by atoms with Crippen LogP contribution in [0.3, 0.4) is 0 Å². The van der Waals surface area contributed by atoms with Gasteiger partial charge in [0, 0.05) is 29.3 Å². The second-order valence-corrected chi connectivity index (χ2v) is 6.95. The van der Waals surface area contributed by atoms with Gasteiger partial charge in [0.25, 0.3) is 0 Å². The van der Waals surface area contributed by atoms with E-state index in [9.17, 15) is 14.0 Å². The fourth-order valence-electron chi connectivity index (χ4n) is 3.27. The summed E-state index contributed by atoms with van der Waals surface area (Å²) in [7, 11) is 0. The first-order valence-electron chi connectivity index (χ1n) is 7.82. The van der Waals surface area contributed by atoms with Crippen LogP contribution in [0.25, 0.3) is 5.69 Å². The van der Waals surface area contributed by atoms with Crippen LogP contribution in [0.5, 0.6) is 0 Å². The van der Waals surface area contributed by atoms with Gasteiger partial charge in [0.1, 0.15) is 17.4 Å². The summed E-state index contributed by atoms with van der Waals surface area (Å²) >= 11 is 3.20. The molecule has 3 rings (SSSR count). The van der Waals surface area contributed by atoms with Gasteiger partial charge in [0.15, 0.2) is 0 Å². The highest BCUT2D eigenvalue weighted by Crippen LogP contribution is 2.32. The number of halogens is 2. The molecule has 1 aromatic carbocycles. The van der Waals surface area contributed by atoms with Gasteiger partial charge in [0.2, 0.25) is 0 Å². The maximum atomic E-state index is 14.3. The fraction of sp³-hybridized carbons (Fsp3) is 0.438. The van der Waals surface area contributed by atoms with E-state index in [4.69, 9.17) is 0 Å². The summed E-state index contributed by atoms with van der Waals surface area (Å²) in [6.07, 6.45) is 1.40. The minimum atomic E-state index is -0.593. The Hall–Kier alpha value is -1.80. The average molecular weight is 397 g/mol. The Morgan fingerprint density at radius 2 is 2.29 bits per heavy atom.